The number of thiazole rings is 1. The van der Waals surface area contributed by atoms with Crippen molar-refractivity contribution in [2.45, 2.75) is 27.7 Å². The van der Waals surface area contributed by atoms with Crippen LogP contribution in [0.25, 0.3) is 0 Å². The van der Waals surface area contributed by atoms with Crippen molar-refractivity contribution in [3.05, 3.63) is 46.5 Å². The molecule has 0 bridgehead atoms. The minimum Gasteiger partial charge on any atom is -0.329 e. The van der Waals surface area contributed by atoms with Crippen LogP contribution in [0.5, 0.6) is 0 Å². The van der Waals surface area contributed by atoms with Gasteiger partial charge in [0, 0.05) is 23.2 Å². The van der Waals surface area contributed by atoms with E-state index in [-0.39, 0.29) is 24.3 Å². The predicted octanol–water partition coefficient (Wildman–Crippen LogP) is 3.50. The van der Waals surface area contributed by atoms with E-state index in [1.165, 1.54) is 11.3 Å². The van der Waals surface area contributed by atoms with E-state index in [0.29, 0.717) is 17.2 Å². The summed E-state index contributed by atoms with van der Waals surface area (Å²) >= 11 is 1.42. The Labute approximate surface area is 146 Å². The number of hydrogen-bond donors (Lipinski definition) is 1. The van der Waals surface area contributed by atoms with Crippen LogP contribution in [0.1, 0.15) is 34.6 Å². The maximum atomic E-state index is 12.7. The Kier molecular flexibility index (Phi) is 6.09. The third kappa shape index (κ3) is 5.16. The maximum absolute atomic E-state index is 12.7. The van der Waals surface area contributed by atoms with E-state index in [4.69, 9.17) is 0 Å². The molecule has 0 saturated heterocycles. The lowest BCUT2D eigenvalue weighted by Gasteiger charge is -2.24. The normalized spacial score (nSPS) is 10.7. The predicted molar refractivity (Wildman–Crippen MR) is 97.4 cm³/mol. The number of aromatic nitrogens is 1. The molecular weight excluding hydrogens is 322 g/mol. The zero-order valence-electron chi connectivity index (χ0n) is 14.5. The highest BCUT2D eigenvalue weighted by molar-refractivity contribution is 7.15. The second-order valence-corrected chi connectivity index (χ2v) is 7.50. The average Bonchev–Trinajstić information content (AvgIpc) is 2.91. The number of hydrogen-bond acceptors (Lipinski definition) is 4. The van der Waals surface area contributed by atoms with Crippen LogP contribution in [0, 0.1) is 19.8 Å². The molecule has 1 aromatic carbocycles. The molecule has 128 valence electrons. The first-order valence-corrected chi connectivity index (χ1v) is 8.75. The summed E-state index contributed by atoms with van der Waals surface area (Å²) in [6, 6.07) is 7.40. The molecule has 2 amide bonds. The van der Waals surface area contributed by atoms with Gasteiger partial charge in [0.15, 0.2) is 5.13 Å². The van der Waals surface area contributed by atoms with Crippen LogP contribution in [-0.4, -0.2) is 34.8 Å². The van der Waals surface area contributed by atoms with Gasteiger partial charge in [0.1, 0.15) is 6.54 Å². The second-order valence-electron chi connectivity index (χ2n) is 6.27. The summed E-state index contributed by atoms with van der Waals surface area (Å²) in [5.74, 6) is -0.0889. The second kappa shape index (κ2) is 8.06. The van der Waals surface area contributed by atoms with Crippen LogP contribution >= 0.6 is 11.3 Å². The summed E-state index contributed by atoms with van der Waals surface area (Å²) in [5, 5.41) is 3.32. The lowest BCUT2D eigenvalue weighted by molar-refractivity contribution is -0.117. The van der Waals surface area contributed by atoms with E-state index in [1.807, 2.05) is 39.8 Å². The zero-order valence-corrected chi connectivity index (χ0v) is 15.3. The Morgan fingerprint density at radius 2 is 1.88 bits per heavy atom. The number of benzene rings is 1. The van der Waals surface area contributed by atoms with Crippen LogP contribution in [0.4, 0.5) is 5.13 Å². The Morgan fingerprint density at radius 1 is 1.21 bits per heavy atom. The molecule has 2 aromatic rings. The number of anilines is 1. The number of carbonyl (C=O) groups excluding carboxylic acids is 2. The molecule has 0 radical (unpaired) electrons. The molecule has 2 rings (SSSR count). The van der Waals surface area contributed by atoms with Gasteiger partial charge in [-0.2, -0.15) is 0 Å². The van der Waals surface area contributed by atoms with Crippen molar-refractivity contribution >= 4 is 28.3 Å². The van der Waals surface area contributed by atoms with Crippen LogP contribution in [0.2, 0.25) is 0 Å². The largest absolute Gasteiger partial charge is 0.329 e. The molecule has 5 nitrogen and oxygen atoms in total. The van der Waals surface area contributed by atoms with Gasteiger partial charge in [0.05, 0.1) is 0 Å². The fraction of sp³-hybridized carbons (Fsp3) is 0.389. The monoisotopic (exact) mass is 345 g/mol. The Bertz CT molecular complexity index is 707. The third-order valence-electron chi connectivity index (χ3n) is 3.37. The third-order valence-corrected chi connectivity index (χ3v) is 4.20. The molecule has 0 aliphatic rings. The van der Waals surface area contributed by atoms with Gasteiger partial charge >= 0.3 is 0 Å². The van der Waals surface area contributed by atoms with Gasteiger partial charge in [0.25, 0.3) is 5.91 Å². The first-order chi connectivity index (χ1) is 11.3. The highest BCUT2D eigenvalue weighted by Gasteiger charge is 2.20. The summed E-state index contributed by atoms with van der Waals surface area (Å²) < 4.78 is 0. The molecule has 1 aromatic heterocycles. The van der Waals surface area contributed by atoms with Crippen molar-refractivity contribution in [1.82, 2.24) is 9.88 Å². The molecular formula is C18H23N3O2S. The van der Waals surface area contributed by atoms with Gasteiger partial charge in [-0.25, -0.2) is 4.98 Å². The first-order valence-electron chi connectivity index (χ1n) is 7.93. The van der Waals surface area contributed by atoms with Crippen molar-refractivity contribution in [2.24, 2.45) is 5.92 Å². The summed E-state index contributed by atoms with van der Waals surface area (Å²) in [6.45, 7) is 8.50. The Balaban J connectivity index is 2.08. The van der Waals surface area contributed by atoms with Gasteiger partial charge in [-0.3, -0.25) is 9.59 Å². The highest BCUT2D eigenvalue weighted by Crippen LogP contribution is 2.16. The maximum Gasteiger partial charge on any atom is 0.254 e. The molecule has 0 atom stereocenters. The highest BCUT2D eigenvalue weighted by atomic mass is 32.1. The average molecular weight is 345 g/mol. The minimum absolute atomic E-state index is 0.0174. The minimum atomic E-state index is -0.231. The molecule has 0 spiro atoms. The van der Waals surface area contributed by atoms with Gasteiger partial charge in [-0.1, -0.05) is 31.5 Å². The number of nitrogens with zero attached hydrogens (tertiary/aromatic N) is 2. The van der Waals surface area contributed by atoms with Crippen molar-refractivity contribution in [2.75, 3.05) is 18.4 Å². The molecule has 0 fully saturated rings. The molecule has 6 heteroatoms. The summed E-state index contributed by atoms with van der Waals surface area (Å²) in [7, 11) is 0. The van der Waals surface area contributed by atoms with E-state index < -0.39 is 0 Å². The fourth-order valence-electron chi connectivity index (χ4n) is 2.28. The number of rotatable bonds is 6. The Morgan fingerprint density at radius 3 is 2.42 bits per heavy atom. The number of nitrogens with one attached hydrogen (secondary N) is 1. The van der Waals surface area contributed by atoms with Gasteiger partial charge < -0.3 is 10.2 Å². The smallest absolute Gasteiger partial charge is 0.254 e. The van der Waals surface area contributed by atoms with Gasteiger partial charge in [-0.05, 0) is 31.9 Å². The summed E-state index contributed by atoms with van der Waals surface area (Å²) in [5.41, 5.74) is 1.69. The lowest BCUT2D eigenvalue weighted by atomic mass is 10.1. The number of amides is 2. The zero-order chi connectivity index (χ0) is 17.7. The fourth-order valence-corrected chi connectivity index (χ4v) is 2.96. The van der Waals surface area contributed by atoms with Crippen molar-refractivity contribution in [3.8, 4) is 0 Å². The molecule has 0 aliphatic carbocycles. The summed E-state index contributed by atoms with van der Waals surface area (Å²) in [6.07, 6.45) is 1.71. The molecule has 0 aliphatic heterocycles. The number of carbonyl (C=O) groups is 2. The molecule has 1 N–H and O–H groups in total. The molecule has 0 saturated carbocycles. The quantitative estimate of drug-likeness (QED) is 0.871. The first kappa shape index (κ1) is 18.1. The SMILES string of the molecule is Cc1ccc(C(=O)N(CC(=O)Nc2ncc(C)s2)CC(C)C)cc1. The van der Waals surface area contributed by atoms with Gasteiger partial charge in [0.2, 0.25) is 5.91 Å². The van der Waals surface area contributed by atoms with Crippen LogP contribution in [-0.2, 0) is 4.79 Å². The van der Waals surface area contributed by atoms with E-state index in [2.05, 4.69) is 10.3 Å². The topological polar surface area (TPSA) is 62.3 Å². The van der Waals surface area contributed by atoms with Crippen molar-refractivity contribution in [1.29, 1.82) is 0 Å². The van der Waals surface area contributed by atoms with Crippen LogP contribution in [0.15, 0.2) is 30.5 Å². The summed E-state index contributed by atoms with van der Waals surface area (Å²) in [4.78, 5) is 31.7. The van der Waals surface area contributed by atoms with Crippen molar-refractivity contribution < 1.29 is 9.59 Å². The Hall–Kier alpha value is -2.21. The molecule has 24 heavy (non-hydrogen) atoms. The van der Waals surface area contributed by atoms with E-state index in [1.54, 1.807) is 23.2 Å². The van der Waals surface area contributed by atoms with Crippen LogP contribution < -0.4 is 5.32 Å². The van der Waals surface area contributed by atoms with E-state index in [0.717, 1.165) is 10.4 Å². The molecule has 0 unspecified atom stereocenters. The van der Waals surface area contributed by atoms with E-state index >= 15 is 0 Å². The lowest BCUT2D eigenvalue weighted by Crippen LogP contribution is -2.40. The standard InChI is InChI=1S/C18H23N3O2S/c1-12(2)10-21(17(23)15-7-5-13(3)6-8-15)11-16(22)20-18-19-9-14(4)24-18/h5-9,12H,10-11H2,1-4H3,(H,19,20,22). The van der Waals surface area contributed by atoms with Crippen LogP contribution in [0.3, 0.4) is 0 Å². The number of aryl methyl sites for hydroxylation is 2. The van der Waals surface area contributed by atoms with E-state index in [9.17, 15) is 9.59 Å². The van der Waals surface area contributed by atoms with Crippen molar-refractivity contribution in [3.63, 3.8) is 0 Å². The molecule has 1 heterocycles. The van der Waals surface area contributed by atoms with Gasteiger partial charge in [-0.15, -0.1) is 11.3 Å².